The van der Waals surface area contributed by atoms with Gasteiger partial charge in [-0.1, -0.05) is 34.5 Å². The number of carbonyl (C=O) groups is 1. The van der Waals surface area contributed by atoms with Gasteiger partial charge in [0.2, 0.25) is 5.91 Å². The average molecular weight is 440 g/mol. The van der Waals surface area contributed by atoms with Crippen molar-refractivity contribution in [3.8, 4) is 0 Å². The van der Waals surface area contributed by atoms with E-state index in [-0.39, 0.29) is 17.3 Å². The molecule has 2 aromatic carbocycles. The number of nitrogens with zero attached hydrogens (tertiary/aromatic N) is 3. The highest BCUT2D eigenvalue weighted by molar-refractivity contribution is 7.95. The largest absolute Gasteiger partial charge is 0.593 e. The van der Waals surface area contributed by atoms with E-state index in [0.717, 1.165) is 0 Å². The van der Waals surface area contributed by atoms with Crippen LogP contribution in [0.25, 0.3) is 0 Å². The third-order valence-electron chi connectivity index (χ3n) is 5.57. The van der Waals surface area contributed by atoms with Crippen molar-refractivity contribution in [3.05, 3.63) is 90.5 Å². The number of benzene rings is 2. The van der Waals surface area contributed by atoms with Gasteiger partial charge in [-0.15, -0.1) is 4.31 Å². The summed E-state index contributed by atoms with van der Waals surface area (Å²) in [6, 6.07) is 16.8. The van der Waals surface area contributed by atoms with E-state index >= 15 is 0 Å². The van der Waals surface area contributed by atoms with Crippen LogP contribution >= 0.6 is 0 Å². The Labute approximate surface area is 181 Å². The fourth-order valence-electron chi connectivity index (χ4n) is 3.92. The molecule has 8 heteroatoms. The molecule has 0 N–H and O–H groups in total. The van der Waals surface area contributed by atoms with Crippen LogP contribution in [0.2, 0.25) is 0 Å². The van der Waals surface area contributed by atoms with Gasteiger partial charge in [0.25, 0.3) is 0 Å². The smallest absolute Gasteiger partial charge is 0.231 e. The van der Waals surface area contributed by atoms with Crippen LogP contribution < -0.4 is 4.90 Å². The lowest BCUT2D eigenvalue weighted by Gasteiger charge is -2.28. The number of halogens is 1. The van der Waals surface area contributed by atoms with Crippen molar-refractivity contribution < 1.29 is 17.9 Å². The number of hydrogen-bond donors (Lipinski definition) is 0. The molecule has 1 aromatic heterocycles. The number of amides is 1. The van der Waals surface area contributed by atoms with Crippen LogP contribution in [0.15, 0.2) is 84.0 Å². The normalized spacial score (nSPS) is 20.9. The third-order valence-corrected chi connectivity index (χ3v) is 7.46. The molecule has 0 aliphatic carbocycles. The second-order valence-electron chi connectivity index (χ2n) is 7.50. The van der Waals surface area contributed by atoms with Gasteiger partial charge in [-0.25, -0.2) is 4.39 Å². The molecule has 160 valence electrons. The van der Waals surface area contributed by atoms with E-state index in [1.54, 1.807) is 61.9 Å². The summed E-state index contributed by atoms with van der Waals surface area (Å²) >= 11 is 0. The molecule has 2 heterocycles. The molecule has 0 spiro atoms. The van der Waals surface area contributed by atoms with Crippen molar-refractivity contribution in [1.29, 1.82) is 0 Å². The van der Waals surface area contributed by atoms with E-state index in [9.17, 15) is 17.9 Å². The number of sulfonamides is 1. The molecule has 6 nitrogen and oxygen atoms in total. The molecule has 1 fully saturated rings. The average Bonchev–Trinajstić information content (AvgIpc) is 3.26. The highest BCUT2D eigenvalue weighted by Crippen LogP contribution is 2.42. The summed E-state index contributed by atoms with van der Waals surface area (Å²) in [7, 11) is -2.19. The van der Waals surface area contributed by atoms with E-state index in [0.29, 0.717) is 17.7 Å². The molecule has 1 aliphatic heterocycles. The Morgan fingerprint density at radius 2 is 1.84 bits per heavy atom. The Morgan fingerprint density at radius 3 is 2.48 bits per heavy atom. The number of anilines is 1. The van der Waals surface area contributed by atoms with Gasteiger partial charge < -0.3 is 9.45 Å². The Balaban J connectivity index is 1.67. The molecule has 1 aliphatic rings. The summed E-state index contributed by atoms with van der Waals surface area (Å²) < 4.78 is 41.6. The second-order valence-corrected chi connectivity index (χ2v) is 9.39. The van der Waals surface area contributed by atoms with Crippen molar-refractivity contribution in [3.63, 3.8) is 0 Å². The lowest BCUT2D eigenvalue weighted by atomic mass is 9.99. The van der Waals surface area contributed by atoms with Gasteiger partial charge in [0, 0.05) is 13.2 Å². The predicted molar refractivity (Wildman–Crippen MR) is 115 cm³/mol. The number of aromatic nitrogens is 1. The summed E-state index contributed by atoms with van der Waals surface area (Å²) in [4.78, 5) is 18.9. The van der Waals surface area contributed by atoms with Crippen molar-refractivity contribution in [2.24, 2.45) is 5.92 Å². The number of pyridine rings is 1. The zero-order valence-electron chi connectivity index (χ0n) is 16.9. The van der Waals surface area contributed by atoms with Crippen molar-refractivity contribution in [2.45, 2.75) is 17.4 Å². The van der Waals surface area contributed by atoms with Crippen LogP contribution in [0.3, 0.4) is 0 Å². The quantitative estimate of drug-likeness (QED) is 0.566. The molecule has 1 amide bonds. The van der Waals surface area contributed by atoms with Crippen molar-refractivity contribution in [1.82, 2.24) is 9.29 Å². The molecule has 4 rings (SSSR count). The molecule has 0 bridgehead atoms. The van der Waals surface area contributed by atoms with Crippen LogP contribution in [0.1, 0.15) is 18.0 Å². The van der Waals surface area contributed by atoms with Crippen molar-refractivity contribution in [2.75, 3.05) is 18.5 Å². The fraction of sp³-hybridized carbons (Fsp3) is 0.217. The maximum atomic E-state index is 13.5. The first-order valence-electron chi connectivity index (χ1n) is 9.88. The molecular weight excluding hydrogens is 417 g/mol. The number of carbonyl (C=O) groups excluding carboxylic acids is 1. The second kappa shape index (κ2) is 8.66. The molecular formula is C23H22FN3O3S. The molecule has 0 saturated carbocycles. The maximum Gasteiger partial charge on any atom is 0.231 e. The lowest BCUT2D eigenvalue weighted by molar-refractivity contribution is -0.121. The highest BCUT2D eigenvalue weighted by Gasteiger charge is 2.47. The fourth-order valence-corrected chi connectivity index (χ4v) is 5.61. The van der Waals surface area contributed by atoms with Gasteiger partial charge in [-0.05, 0) is 48.4 Å². The van der Waals surface area contributed by atoms with Gasteiger partial charge >= 0.3 is 0 Å². The zero-order valence-corrected chi connectivity index (χ0v) is 17.7. The van der Waals surface area contributed by atoms with E-state index < -0.39 is 28.2 Å². The molecule has 0 radical (unpaired) electrons. The maximum absolute atomic E-state index is 13.5. The van der Waals surface area contributed by atoms with Crippen LogP contribution in [-0.2, 0) is 19.4 Å². The zero-order chi connectivity index (χ0) is 22.0. The van der Waals surface area contributed by atoms with Crippen LogP contribution in [0, 0.1) is 11.7 Å². The van der Waals surface area contributed by atoms with Gasteiger partial charge in [0.05, 0.1) is 30.4 Å². The Hall–Kier alpha value is -2.94. The summed E-state index contributed by atoms with van der Waals surface area (Å²) in [5.41, 5.74) is 1.29. The van der Waals surface area contributed by atoms with Gasteiger partial charge in [0.15, 0.2) is 15.3 Å². The molecule has 1 unspecified atom stereocenters. The SMILES string of the molecule is CN(C(=O)[C@@H]1C[C@@H](c2ccc(F)cc2)N([S+](=O)([O-])c2ccccc2)C1)c1cccnc1. The topological polar surface area (TPSA) is 76.6 Å². The molecule has 3 aromatic rings. The Kier molecular flexibility index (Phi) is 5.95. The summed E-state index contributed by atoms with van der Waals surface area (Å²) in [6.45, 7) is 0.0444. The van der Waals surface area contributed by atoms with Crippen LogP contribution in [-0.4, -0.2) is 33.3 Å². The van der Waals surface area contributed by atoms with E-state index in [1.165, 1.54) is 33.5 Å². The van der Waals surface area contributed by atoms with Crippen molar-refractivity contribution >= 4 is 22.0 Å². The standard InChI is InChI=1S/C23H22FN3O3S/c1-26(20-6-5-13-25-15-20)23(28)18-14-22(17-9-11-19(24)12-10-17)27(16-18)31(29,30)21-7-3-2-4-8-21/h2-13,15,18,22H,14,16H2,1H3/t18-,22+/m1/s1. The third kappa shape index (κ3) is 4.27. The van der Waals surface area contributed by atoms with Gasteiger partial charge in [-0.2, -0.15) is 0 Å². The molecule has 31 heavy (non-hydrogen) atoms. The van der Waals surface area contributed by atoms with Gasteiger partial charge in [-0.3, -0.25) is 9.78 Å². The molecule has 3 atom stereocenters. The monoisotopic (exact) mass is 439 g/mol. The number of hydrogen-bond acceptors (Lipinski definition) is 4. The number of rotatable bonds is 5. The lowest BCUT2D eigenvalue weighted by Crippen LogP contribution is -2.39. The van der Waals surface area contributed by atoms with Crippen LogP contribution in [0.5, 0.6) is 0 Å². The first-order chi connectivity index (χ1) is 14.9. The van der Waals surface area contributed by atoms with Crippen LogP contribution in [0.4, 0.5) is 10.1 Å². The van der Waals surface area contributed by atoms with E-state index in [4.69, 9.17) is 0 Å². The first-order valence-corrected chi connectivity index (χ1v) is 11.3. The minimum atomic E-state index is -3.85. The first kappa shape index (κ1) is 21.3. The summed E-state index contributed by atoms with van der Waals surface area (Å²) in [6.07, 6.45) is 3.51. The molecule has 1 saturated heterocycles. The minimum absolute atomic E-state index is 0.0444. The summed E-state index contributed by atoms with van der Waals surface area (Å²) in [5.74, 6) is -1.13. The van der Waals surface area contributed by atoms with E-state index in [1.807, 2.05) is 0 Å². The highest BCUT2D eigenvalue weighted by atomic mass is 32.3. The predicted octanol–water partition coefficient (Wildman–Crippen LogP) is 3.85. The summed E-state index contributed by atoms with van der Waals surface area (Å²) in [5, 5.41) is 0. The van der Waals surface area contributed by atoms with Gasteiger partial charge in [0.1, 0.15) is 5.82 Å². The minimum Gasteiger partial charge on any atom is -0.593 e. The Morgan fingerprint density at radius 1 is 1.13 bits per heavy atom. The Bertz CT molecular complexity index is 1100. The van der Waals surface area contributed by atoms with E-state index in [2.05, 4.69) is 4.98 Å².